The molecule has 2 rings (SSSR count). The molecule has 1 fully saturated rings. The second kappa shape index (κ2) is 7.70. The van der Waals surface area contributed by atoms with E-state index in [0.29, 0.717) is 25.9 Å². The molecular weight excluding hydrogens is 283 g/mol. The summed E-state index contributed by atoms with van der Waals surface area (Å²) in [5.74, 6) is -0.0141. The van der Waals surface area contributed by atoms with Gasteiger partial charge in [0.1, 0.15) is 5.82 Å². The van der Waals surface area contributed by atoms with E-state index in [-0.39, 0.29) is 30.3 Å². The van der Waals surface area contributed by atoms with Gasteiger partial charge in [0.25, 0.3) is 0 Å². The standard InChI is InChI=1S/C17H25FN2O2/c1-13(8-14-4-3-5-15(18)10-14)9-17(22)20-7-6-19(2)11-16(20)12-21/h3-5,10,13,16,21H,6-9,11-12H2,1-2H3. The third-order valence-electron chi connectivity index (χ3n) is 4.21. The van der Waals surface area contributed by atoms with E-state index in [0.717, 1.165) is 12.1 Å². The summed E-state index contributed by atoms with van der Waals surface area (Å²) in [6.45, 7) is 4.20. The summed E-state index contributed by atoms with van der Waals surface area (Å²) in [5, 5.41) is 9.47. The zero-order valence-electron chi connectivity index (χ0n) is 13.3. The predicted molar refractivity (Wildman–Crippen MR) is 84.0 cm³/mol. The Labute approximate surface area is 131 Å². The number of piperazine rings is 1. The Morgan fingerprint density at radius 2 is 2.23 bits per heavy atom. The molecule has 1 aromatic carbocycles. The van der Waals surface area contributed by atoms with Crippen LogP contribution in [0.25, 0.3) is 0 Å². The van der Waals surface area contributed by atoms with Crippen LogP contribution in [0.15, 0.2) is 24.3 Å². The number of likely N-dealkylation sites (N-methyl/N-ethyl adjacent to an activating group) is 1. The number of carbonyl (C=O) groups excluding carboxylic acids is 1. The van der Waals surface area contributed by atoms with Crippen LogP contribution in [0.5, 0.6) is 0 Å². The zero-order valence-corrected chi connectivity index (χ0v) is 13.3. The van der Waals surface area contributed by atoms with Gasteiger partial charge in [0.2, 0.25) is 5.91 Å². The van der Waals surface area contributed by atoms with E-state index in [1.165, 1.54) is 12.1 Å². The molecular formula is C17H25FN2O2. The molecule has 0 saturated carbocycles. The molecule has 1 aliphatic heterocycles. The molecule has 22 heavy (non-hydrogen) atoms. The van der Waals surface area contributed by atoms with E-state index in [2.05, 4.69) is 4.90 Å². The van der Waals surface area contributed by atoms with Crippen LogP contribution in [0.1, 0.15) is 18.9 Å². The van der Waals surface area contributed by atoms with Gasteiger partial charge in [0.15, 0.2) is 0 Å². The maximum atomic E-state index is 13.2. The van der Waals surface area contributed by atoms with Crippen molar-refractivity contribution in [1.82, 2.24) is 9.80 Å². The topological polar surface area (TPSA) is 43.8 Å². The number of hydrogen-bond acceptors (Lipinski definition) is 3. The molecule has 1 aromatic rings. The number of rotatable bonds is 5. The minimum absolute atomic E-state index is 0.00560. The van der Waals surface area contributed by atoms with Crippen LogP contribution in [0.3, 0.4) is 0 Å². The van der Waals surface area contributed by atoms with Gasteiger partial charge in [-0.3, -0.25) is 4.79 Å². The van der Waals surface area contributed by atoms with Gasteiger partial charge >= 0.3 is 0 Å². The lowest BCUT2D eigenvalue weighted by atomic mass is 9.97. The molecule has 0 aromatic heterocycles. The van der Waals surface area contributed by atoms with Crippen molar-refractivity contribution >= 4 is 5.91 Å². The highest BCUT2D eigenvalue weighted by atomic mass is 19.1. The molecule has 1 N–H and O–H groups in total. The van der Waals surface area contributed by atoms with Crippen molar-refractivity contribution in [3.63, 3.8) is 0 Å². The maximum absolute atomic E-state index is 13.2. The highest BCUT2D eigenvalue weighted by Crippen LogP contribution is 2.17. The Balaban J connectivity index is 1.90. The van der Waals surface area contributed by atoms with E-state index < -0.39 is 0 Å². The first-order valence-corrected chi connectivity index (χ1v) is 7.83. The lowest BCUT2D eigenvalue weighted by Crippen LogP contribution is -2.55. The number of halogens is 1. The van der Waals surface area contributed by atoms with Crippen LogP contribution in [0.4, 0.5) is 4.39 Å². The number of aliphatic hydroxyl groups is 1. The van der Waals surface area contributed by atoms with Gasteiger partial charge in [-0.15, -0.1) is 0 Å². The van der Waals surface area contributed by atoms with E-state index in [9.17, 15) is 14.3 Å². The highest BCUT2D eigenvalue weighted by Gasteiger charge is 2.28. The average Bonchev–Trinajstić information content (AvgIpc) is 2.46. The number of amides is 1. The Kier molecular flexibility index (Phi) is 5.91. The van der Waals surface area contributed by atoms with Gasteiger partial charge in [0, 0.05) is 26.1 Å². The number of carbonyl (C=O) groups is 1. The van der Waals surface area contributed by atoms with Crippen LogP contribution >= 0.6 is 0 Å². The molecule has 0 spiro atoms. The van der Waals surface area contributed by atoms with Gasteiger partial charge in [-0.1, -0.05) is 19.1 Å². The summed E-state index contributed by atoms with van der Waals surface area (Å²) < 4.78 is 13.2. The first-order chi connectivity index (χ1) is 10.5. The fraction of sp³-hybridized carbons (Fsp3) is 0.588. The molecule has 5 heteroatoms. The van der Waals surface area contributed by atoms with Crippen molar-refractivity contribution in [2.45, 2.75) is 25.8 Å². The predicted octanol–water partition coefficient (Wildman–Crippen LogP) is 1.53. The first-order valence-electron chi connectivity index (χ1n) is 7.83. The minimum Gasteiger partial charge on any atom is -0.394 e. The van der Waals surface area contributed by atoms with E-state index in [1.54, 1.807) is 11.0 Å². The SMILES string of the molecule is CC(CC(=O)N1CCN(C)CC1CO)Cc1cccc(F)c1. The van der Waals surface area contributed by atoms with Crippen molar-refractivity contribution in [3.05, 3.63) is 35.6 Å². The molecule has 4 nitrogen and oxygen atoms in total. The van der Waals surface area contributed by atoms with Gasteiger partial charge < -0.3 is 14.9 Å². The van der Waals surface area contributed by atoms with Crippen LogP contribution in [0.2, 0.25) is 0 Å². The van der Waals surface area contributed by atoms with Gasteiger partial charge in [-0.05, 0) is 37.1 Å². The van der Waals surface area contributed by atoms with Gasteiger partial charge in [-0.25, -0.2) is 4.39 Å². The summed E-state index contributed by atoms with van der Waals surface area (Å²) >= 11 is 0. The molecule has 2 unspecified atom stereocenters. The Morgan fingerprint density at radius 3 is 2.91 bits per heavy atom. The fourth-order valence-corrected chi connectivity index (χ4v) is 3.05. The molecule has 1 aliphatic rings. The Hall–Kier alpha value is -1.46. The summed E-state index contributed by atoms with van der Waals surface area (Å²) in [6.07, 6.45) is 1.11. The van der Waals surface area contributed by atoms with Gasteiger partial charge in [-0.2, -0.15) is 0 Å². The lowest BCUT2D eigenvalue weighted by molar-refractivity contribution is -0.138. The van der Waals surface area contributed by atoms with Crippen molar-refractivity contribution in [2.24, 2.45) is 5.92 Å². The zero-order chi connectivity index (χ0) is 16.1. The van der Waals surface area contributed by atoms with Gasteiger partial charge in [0.05, 0.1) is 12.6 Å². The monoisotopic (exact) mass is 308 g/mol. The molecule has 1 heterocycles. The van der Waals surface area contributed by atoms with Crippen molar-refractivity contribution in [1.29, 1.82) is 0 Å². The molecule has 0 bridgehead atoms. The van der Waals surface area contributed by atoms with Crippen LogP contribution < -0.4 is 0 Å². The third kappa shape index (κ3) is 4.52. The first kappa shape index (κ1) is 16.9. The summed E-state index contributed by atoms with van der Waals surface area (Å²) in [5.41, 5.74) is 0.914. The number of benzene rings is 1. The quantitative estimate of drug-likeness (QED) is 0.897. The molecule has 1 saturated heterocycles. The number of aliphatic hydroxyl groups excluding tert-OH is 1. The molecule has 2 atom stereocenters. The second-order valence-electron chi connectivity index (χ2n) is 6.33. The Morgan fingerprint density at radius 1 is 1.45 bits per heavy atom. The minimum atomic E-state index is -0.240. The summed E-state index contributed by atoms with van der Waals surface area (Å²) in [7, 11) is 2.00. The van der Waals surface area contributed by atoms with E-state index in [1.807, 2.05) is 20.0 Å². The lowest BCUT2D eigenvalue weighted by Gasteiger charge is -2.39. The second-order valence-corrected chi connectivity index (χ2v) is 6.33. The summed E-state index contributed by atoms with van der Waals surface area (Å²) in [6, 6.07) is 6.41. The smallest absolute Gasteiger partial charge is 0.223 e. The van der Waals surface area contributed by atoms with Crippen molar-refractivity contribution in [2.75, 3.05) is 33.3 Å². The highest BCUT2D eigenvalue weighted by molar-refractivity contribution is 5.77. The van der Waals surface area contributed by atoms with Crippen molar-refractivity contribution < 1.29 is 14.3 Å². The average molecular weight is 308 g/mol. The fourth-order valence-electron chi connectivity index (χ4n) is 3.05. The van der Waals surface area contributed by atoms with Crippen LogP contribution in [-0.4, -0.2) is 60.1 Å². The van der Waals surface area contributed by atoms with Crippen LogP contribution in [-0.2, 0) is 11.2 Å². The maximum Gasteiger partial charge on any atom is 0.223 e. The van der Waals surface area contributed by atoms with E-state index >= 15 is 0 Å². The molecule has 0 radical (unpaired) electrons. The number of nitrogens with zero attached hydrogens (tertiary/aromatic N) is 2. The molecule has 122 valence electrons. The normalized spacial score (nSPS) is 20.9. The molecule has 1 amide bonds. The summed E-state index contributed by atoms with van der Waals surface area (Å²) in [4.78, 5) is 16.4. The molecule has 0 aliphatic carbocycles. The largest absolute Gasteiger partial charge is 0.394 e. The third-order valence-corrected chi connectivity index (χ3v) is 4.21. The van der Waals surface area contributed by atoms with Crippen molar-refractivity contribution in [3.8, 4) is 0 Å². The number of hydrogen-bond donors (Lipinski definition) is 1. The van der Waals surface area contributed by atoms with E-state index in [4.69, 9.17) is 0 Å². The Bertz CT molecular complexity index is 509. The van der Waals surface area contributed by atoms with Crippen LogP contribution in [0, 0.1) is 11.7 Å².